The molecular formula is C28H34F4N2O3. The van der Waals surface area contributed by atoms with E-state index in [4.69, 9.17) is 4.74 Å². The van der Waals surface area contributed by atoms with Crippen molar-refractivity contribution in [2.75, 3.05) is 33.9 Å². The minimum Gasteiger partial charge on any atom is -0.383 e. The van der Waals surface area contributed by atoms with Gasteiger partial charge in [-0.15, -0.1) is 0 Å². The third-order valence-corrected chi connectivity index (χ3v) is 6.18. The molecule has 0 radical (unpaired) electrons. The molecule has 1 atom stereocenters. The second-order valence-corrected chi connectivity index (χ2v) is 9.11. The molecule has 0 aromatic heterocycles. The summed E-state index contributed by atoms with van der Waals surface area (Å²) >= 11 is 0. The lowest BCUT2D eigenvalue weighted by molar-refractivity contribution is -0.137. The molecule has 0 heterocycles. The van der Waals surface area contributed by atoms with Gasteiger partial charge in [0.1, 0.15) is 5.82 Å². The molecule has 202 valence electrons. The molecule has 2 aromatic carbocycles. The summed E-state index contributed by atoms with van der Waals surface area (Å²) < 4.78 is 57.4. The average molecular weight is 523 g/mol. The van der Waals surface area contributed by atoms with Crippen LogP contribution in [0.15, 0.2) is 30.3 Å². The van der Waals surface area contributed by atoms with Gasteiger partial charge >= 0.3 is 6.18 Å². The first-order valence-electron chi connectivity index (χ1n) is 12.1. The lowest BCUT2D eigenvalue weighted by Crippen LogP contribution is -2.33. The van der Waals surface area contributed by atoms with E-state index in [0.29, 0.717) is 37.7 Å². The molecule has 1 amide bonds. The third kappa shape index (κ3) is 8.70. The summed E-state index contributed by atoms with van der Waals surface area (Å²) in [5.41, 5.74) is -0.110. The van der Waals surface area contributed by atoms with Gasteiger partial charge in [0.15, 0.2) is 5.78 Å². The highest BCUT2D eigenvalue weighted by molar-refractivity contribution is 5.96. The molecule has 0 saturated heterocycles. The van der Waals surface area contributed by atoms with Crippen molar-refractivity contribution in [1.82, 2.24) is 10.2 Å². The summed E-state index contributed by atoms with van der Waals surface area (Å²) in [7, 11) is 3.43. The number of hydrogen-bond acceptors (Lipinski definition) is 4. The van der Waals surface area contributed by atoms with Crippen molar-refractivity contribution in [3.05, 3.63) is 68.8 Å². The van der Waals surface area contributed by atoms with Crippen molar-refractivity contribution in [2.45, 2.75) is 39.3 Å². The van der Waals surface area contributed by atoms with Crippen LogP contribution in [0, 0.1) is 18.7 Å². The van der Waals surface area contributed by atoms with Crippen LogP contribution in [0.4, 0.5) is 17.6 Å². The van der Waals surface area contributed by atoms with Crippen molar-refractivity contribution in [2.24, 2.45) is 5.92 Å². The number of benzene rings is 2. The number of nitrogens with one attached hydrogen (secondary N) is 1. The fourth-order valence-electron chi connectivity index (χ4n) is 4.02. The van der Waals surface area contributed by atoms with E-state index in [1.54, 1.807) is 13.2 Å². The Kier molecular flexibility index (Phi) is 10.9. The predicted octanol–water partition coefficient (Wildman–Crippen LogP) is 4.30. The summed E-state index contributed by atoms with van der Waals surface area (Å²) in [5.74, 6) is -1.81. The molecule has 37 heavy (non-hydrogen) atoms. The Labute approximate surface area is 214 Å². The standard InChI is InChI=1S/C28H34F4N2O3/c1-6-20(7-10-26(35)23-9-8-22(15-25(23)29)28(30,31)32)16-34(4)17-21-14-24(19(3)13-18(21)2)27(36)33-11-12-37-5/h8-9,13-15,17,20H,2,6-7,10-12,16H2,1,3-5H3,(H,33,36)/b21-17-. The number of halogens is 4. The van der Waals surface area contributed by atoms with Crippen LogP contribution in [0.1, 0.15) is 58.0 Å². The lowest BCUT2D eigenvalue weighted by Gasteiger charge is -2.22. The fraction of sp³-hybridized carbons (Fsp3) is 0.429. The highest BCUT2D eigenvalue weighted by atomic mass is 19.4. The number of carbonyl (C=O) groups is 2. The Morgan fingerprint density at radius 3 is 2.49 bits per heavy atom. The van der Waals surface area contributed by atoms with Crippen LogP contribution in [0.5, 0.6) is 0 Å². The number of ketones is 1. The average Bonchev–Trinajstić information content (AvgIpc) is 2.82. The highest BCUT2D eigenvalue weighted by Gasteiger charge is 2.31. The number of rotatable bonds is 12. The molecule has 2 rings (SSSR count). The van der Waals surface area contributed by atoms with Gasteiger partial charge in [0, 0.05) is 45.4 Å². The molecule has 5 nitrogen and oxygen atoms in total. The molecule has 0 aliphatic rings. The third-order valence-electron chi connectivity index (χ3n) is 6.18. The second kappa shape index (κ2) is 13.4. The number of methoxy groups -OCH3 is 1. The van der Waals surface area contributed by atoms with E-state index in [1.807, 2.05) is 38.1 Å². The van der Waals surface area contributed by atoms with Gasteiger partial charge in [-0.25, -0.2) is 4.39 Å². The SMILES string of the molecule is C=c1cc(C)c(C(=O)NCCOC)c/c1=C/N(C)CC(CC)CCC(=O)c1ccc(C(F)(F)F)cc1F. The number of nitrogens with zero attached hydrogens (tertiary/aromatic N) is 1. The zero-order valence-corrected chi connectivity index (χ0v) is 21.7. The molecule has 0 fully saturated rings. The number of hydrogen-bond donors (Lipinski definition) is 1. The Hall–Kier alpha value is -3.20. The number of alkyl halides is 3. The Bertz CT molecular complexity index is 1210. The fourth-order valence-corrected chi connectivity index (χ4v) is 4.02. The topological polar surface area (TPSA) is 58.6 Å². The largest absolute Gasteiger partial charge is 0.416 e. The van der Waals surface area contributed by atoms with Gasteiger partial charge in [0.05, 0.1) is 17.7 Å². The van der Waals surface area contributed by atoms with Crippen LogP contribution >= 0.6 is 0 Å². The van der Waals surface area contributed by atoms with Gasteiger partial charge in [-0.3, -0.25) is 9.59 Å². The van der Waals surface area contributed by atoms with E-state index in [-0.39, 0.29) is 23.8 Å². The number of amides is 1. The summed E-state index contributed by atoms with van der Waals surface area (Å²) in [6, 6.07) is 5.61. The first kappa shape index (κ1) is 30.0. The first-order chi connectivity index (χ1) is 17.4. The molecule has 0 bridgehead atoms. The van der Waals surface area contributed by atoms with Crippen molar-refractivity contribution in [3.8, 4) is 0 Å². The van der Waals surface area contributed by atoms with E-state index < -0.39 is 23.3 Å². The number of Topliss-reactive ketones (excluding diaryl/α,β-unsaturated/α-hetero) is 1. The van der Waals surface area contributed by atoms with Crippen molar-refractivity contribution < 1.29 is 31.9 Å². The summed E-state index contributed by atoms with van der Waals surface area (Å²) in [6.07, 6.45) is -1.57. The molecule has 0 saturated carbocycles. The van der Waals surface area contributed by atoms with E-state index in [1.165, 1.54) is 0 Å². The summed E-state index contributed by atoms with van der Waals surface area (Å²) in [4.78, 5) is 27.0. The van der Waals surface area contributed by atoms with Crippen LogP contribution in [0.25, 0.3) is 12.8 Å². The summed E-state index contributed by atoms with van der Waals surface area (Å²) in [6.45, 7) is 9.28. The molecular weight excluding hydrogens is 488 g/mol. The maximum atomic E-state index is 14.2. The van der Waals surface area contributed by atoms with Gasteiger partial charge < -0.3 is 15.0 Å². The minimum atomic E-state index is -4.67. The maximum Gasteiger partial charge on any atom is 0.416 e. The predicted molar refractivity (Wildman–Crippen MR) is 136 cm³/mol. The van der Waals surface area contributed by atoms with Crippen LogP contribution in [0.2, 0.25) is 0 Å². The molecule has 0 aliphatic heterocycles. The zero-order chi connectivity index (χ0) is 27.8. The molecule has 9 heteroatoms. The van der Waals surface area contributed by atoms with Crippen LogP contribution in [0.3, 0.4) is 0 Å². The van der Waals surface area contributed by atoms with E-state index >= 15 is 0 Å². The second-order valence-electron chi connectivity index (χ2n) is 9.11. The quantitative estimate of drug-likeness (QED) is 0.257. The lowest BCUT2D eigenvalue weighted by atomic mass is 9.95. The van der Waals surface area contributed by atoms with E-state index in [2.05, 4.69) is 11.9 Å². The highest BCUT2D eigenvalue weighted by Crippen LogP contribution is 2.30. The Balaban J connectivity index is 2.08. The molecule has 0 aliphatic carbocycles. The molecule has 2 aromatic rings. The van der Waals surface area contributed by atoms with E-state index in [0.717, 1.165) is 34.6 Å². The van der Waals surface area contributed by atoms with Crippen LogP contribution in [-0.2, 0) is 10.9 Å². The number of ether oxygens (including phenoxy) is 1. The first-order valence-corrected chi connectivity index (χ1v) is 12.1. The normalized spacial score (nSPS) is 12.9. The molecule has 1 unspecified atom stereocenters. The van der Waals surface area contributed by atoms with Gasteiger partial charge in [-0.1, -0.05) is 26.0 Å². The van der Waals surface area contributed by atoms with Gasteiger partial charge in [0.25, 0.3) is 5.91 Å². The smallest absolute Gasteiger partial charge is 0.383 e. The van der Waals surface area contributed by atoms with Crippen molar-refractivity contribution in [3.63, 3.8) is 0 Å². The number of aryl methyl sites for hydroxylation is 1. The summed E-state index contributed by atoms with van der Waals surface area (Å²) in [5, 5.41) is 4.35. The number of carbonyl (C=O) groups excluding carboxylic acids is 2. The van der Waals surface area contributed by atoms with Gasteiger partial charge in [-0.2, -0.15) is 13.2 Å². The van der Waals surface area contributed by atoms with E-state index in [9.17, 15) is 27.2 Å². The van der Waals surface area contributed by atoms with Gasteiger partial charge in [-0.05, 0) is 59.5 Å². The zero-order valence-electron chi connectivity index (χ0n) is 21.7. The van der Waals surface area contributed by atoms with Crippen LogP contribution < -0.4 is 15.8 Å². The van der Waals surface area contributed by atoms with Gasteiger partial charge in [0.2, 0.25) is 0 Å². The maximum absolute atomic E-state index is 14.2. The molecule has 1 N–H and O–H groups in total. The van der Waals surface area contributed by atoms with Crippen LogP contribution in [-0.4, -0.2) is 50.4 Å². The van der Waals surface area contributed by atoms with Crippen molar-refractivity contribution in [1.29, 1.82) is 0 Å². The minimum absolute atomic E-state index is 0.0194. The Morgan fingerprint density at radius 2 is 1.89 bits per heavy atom. The molecule has 0 spiro atoms. The monoisotopic (exact) mass is 522 g/mol. The Morgan fingerprint density at radius 1 is 1.19 bits per heavy atom. The van der Waals surface area contributed by atoms with Crippen molar-refractivity contribution >= 4 is 24.5 Å².